The molecule has 0 saturated heterocycles. The van der Waals surface area contributed by atoms with Crippen LogP contribution in [0.25, 0.3) is 0 Å². The van der Waals surface area contributed by atoms with Gasteiger partial charge >= 0.3 is 0 Å². The molecule has 0 amide bonds. The molecule has 0 fully saturated rings. The lowest BCUT2D eigenvalue weighted by Gasteiger charge is -2.11. The molecule has 0 spiro atoms. The van der Waals surface area contributed by atoms with Gasteiger partial charge in [-0.15, -0.1) is 11.3 Å². The SMILES string of the molecule is Clc1ccc(Br)cc1C(Br)c1sccc1Br. The Kier molecular flexibility index (Phi) is 4.52. The number of alkyl halides is 1. The smallest absolute Gasteiger partial charge is 0.0764 e. The zero-order valence-electron chi connectivity index (χ0n) is 7.88. The van der Waals surface area contributed by atoms with Gasteiger partial charge in [-0.2, -0.15) is 0 Å². The molecular weight excluding hydrogens is 439 g/mol. The highest BCUT2D eigenvalue weighted by atomic mass is 79.9. The maximum atomic E-state index is 6.20. The molecule has 0 radical (unpaired) electrons. The van der Waals surface area contributed by atoms with E-state index in [0.29, 0.717) is 0 Å². The third-order valence-corrected chi connectivity index (χ3v) is 6.13. The first-order valence-corrected chi connectivity index (χ1v) is 8.17. The van der Waals surface area contributed by atoms with E-state index in [4.69, 9.17) is 11.6 Å². The molecule has 0 N–H and O–H groups in total. The fourth-order valence-electron chi connectivity index (χ4n) is 1.34. The summed E-state index contributed by atoms with van der Waals surface area (Å²) in [7, 11) is 0. The van der Waals surface area contributed by atoms with Crippen molar-refractivity contribution in [3.05, 3.63) is 54.1 Å². The predicted molar refractivity (Wildman–Crippen MR) is 81.9 cm³/mol. The van der Waals surface area contributed by atoms with Crippen LogP contribution >= 0.6 is 70.7 Å². The lowest BCUT2D eigenvalue weighted by atomic mass is 10.1. The van der Waals surface area contributed by atoms with Gasteiger partial charge < -0.3 is 0 Å². The molecule has 0 saturated carbocycles. The average molecular weight is 445 g/mol. The highest BCUT2D eigenvalue weighted by Gasteiger charge is 2.17. The van der Waals surface area contributed by atoms with Crippen molar-refractivity contribution >= 4 is 70.7 Å². The summed E-state index contributed by atoms with van der Waals surface area (Å²) in [6, 6.07) is 7.92. The van der Waals surface area contributed by atoms with E-state index in [1.165, 1.54) is 4.88 Å². The van der Waals surface area contributed by atoms with Crippen LogP contribution in [0.2, 0.25) is 5.02 Å². The molecule has 0 nitrogen and oxygen atoms in total. The molecule has 2 rings (SSSR count). The molecule has 1 aromatic carbocycles. The third-order valence-electron chi connectivity index (χ3n) is 2.11. The Labute approximate surface area is 128 Å². The van der Waals surface area contributed by atoms with Crippen LogP contribution in [0.5, 0.6) is 0 Å². The molecular formula is C11H6Br3ClS. The van der Waals surface area contributed by atoms with Gasteiger partial charge in [-0.1, -0.05) is 43.5 Å². The topological polar surface area (TPSA) is 0 Å². The molecule has 0 aliphatic carbocycles. The zero-order chi connectivity index (χ0) is 11.7. The summed E-state index contributed by atoms with van der Waals surface area (Å²) in [4.78, 5) is 1.34. The van der Waals surface area contributed by atoms with Crippen LogP contribution in [0, 0.1) is 0 Å². The summed E-state index contributed by atoms with van der Waals surface area (Å²) in [6.07, 6.45) is 0. The van der Waals surface area contributed by atoms with Crippen LogP contribution in [-0.4, -0.2) is 0 Å². The number of rotatable bonds is 2. The minimum absolute atomic E-state index is 0.117. The molecule has 0 bridgehead atoms. The van der Waals surface area contributed by atoms with E-state index in [-0.39, 0.29) is 4.83 Å². The van der Waals surface area contributed by atoms with Crippen LogP contribution in [0.15, 0.2) is 38.6 Å². The molecule has 1 unspecified atom stereocenters. The van der Waals surface area contributed by atoms with Crippen molar-refractivity contribution in [1.29, 1.82) is 0 Å². The van der Waals surface area contributed by atoms with E-state index in [1.54, 1.807) is 11.3 Å². The Morgan fingerprint density at radius 3 is 2.56 bits per heavy atom. The van der Waals surface area contributed by atoms with Crippen LogP contribution in [-0.2, 0) is 0 Å². The van der Waals surface area contributed by atoms with Crippen molar-refractivity contribution in [3.8, 4) is 0 Å². The molecule has 1 aromatic heterocycles. The Balaban J connectivity index is 2.45. The molecule has 1 atom stereocenters. The summed E-state index contributed by atoms with van der Waals surface area (Å²) in [5.41, 5.74) is 1.07. The van der Waals surface area contributed by atoms with Crippen molar-refractivity contribution in [2.75, 3.05) is 0 Å². The second-order valence-corrected chi connectivity index (χ2v) is 7.20. The Bertz CT molecular complexity index is 510. The van der Waals surface area contributed by atoms with E-state index in [9.17, 15) is 0 Å². The van der Waals surface area contributed by atoms with Crippen LogP contribution in [0.4, 0.5) is 0 Å². The predicted octanol–water partition coefficient (Wildman–Crippen LogP) is 6.41. The second kappa shape index (κ2) is 5.53. The van der Waals surface area contributed by atoms with Gasteiger partial charge in [0.05, 0.1) is 4.83 Å². The van der Waals surface area contributed by atoms with Gasteiger partial charge in [0, 0.05) is 18.8 Å². The Hall–Kier alpha value is 0.650. The van der Waals surface area contributed by atoms with Crippen molar-refractivity contribution in [2.24, 2.45) is 0 Å². The average Bonchev–Trinajstić information content (AvgIpc) is 2.67. The van der Waals surface area contributed by atoms with Crippen LogP contribution in [0.1, 0.15) is 15.3 Å². The summed E-state index contributed by atoms with van der Waals surface area (Å²) < 4.78 is 2.14. The number of hydrogen-bond donors (Lipinski definition) is 0. The summed E-state index contributed by atoms with van der Waals surface area (Å²) in [6.45, 7) is 0. The Morgan fingerprint density at radius 1 is 1.19 bits per heavy atom. The first-order chi connectivity index (χ1) is 7.59. The van der Waals surface area contributed by atoms with Gasteiger partial charge in [-0.3, -0.25) is 0 Å². The van der Waals surface area contributed by atoms with Crippen LogP contribution < -0.4 is 0 Å². The second-order valence-electron chi connectivity index (χ2n) is 3.16. The molecule has 0 aliphatic rings. The van der Waals surface area contributed by atoms with Crippen molar-refractivity contribution < 1.29 is 0 Å². The zero-order valence-corrected chi connectivity index (χ0v) is 14.2. The molecule has 5 heteroatoms. The first-order valence-electron chi connectivity index (χ1n) is 4.41. The minimum atomic E-state index is 0.117. The van der Waals surface area contributed by atoms with E-state index in [1.807, 2.05) is 24.3 Å². The van der Waals surface area contributed by atoms with Crippen molar-refractivity contribution in [1.82, 2.24) is 0 Å². The van der Waals surface area contributed by atoms with Gasteiger partial charge in [0.15, 0.2) is 0 Å². The van der Waals surface area contributed by atoms with Crippen LogP contribution in [0.3, 0.4) is 0 Å². The molecule has 16 heavy (non-hydrogen) atoms. The number of benzene rings is 1. The van der Waals surface area contributed by atoms with E-state index < -0.39 is 0 Å². The molecule has 2 aromatic rings. The largest absolute Gasteiger partial charge is 0.146 e. The molecule has 1 heterocycles. The fourth-order valence-corrected chi connectivity index (χ4v) is 4.92. The van der Waals surface area contributed by atoms with Gasteiger partial charge in [-0.05, 0) is 51.1 Å². The maximum absolute atomic E-state index is 6.20. The van der Waals surface area contributed by atoms with E-state index in [2.05, 4.69) is 53.2 Å². The normalized spacial score (nSPS) is 12.8. The minimum Gasteiger partial charge on any atom is -0.146 e. The number of halogens is 4. The van der Waals surface area contributed by atoms with Gasteiger partial charge in [0.25, 0.3) is 0 Å². The summed E-state index contributed by atoms with van der Waals surface area (Å²) in [5, 5.41) is 2.82. The van der Waals surface area contributed by atoms with Gasteiger partial charge in [-0.25, -0.2) is 0 Å². The Morgan fingerprint density at radius 2 is 1.94 bits per heavy atom. The third kappa shape index (κ3) is 2.72. The summed E-state index contributed by atoms with van der Waals surface area (Å²) >= 11 is 18.6. The maximum Gasteiger partial charge on any atom is 0.0764 e. The number of thiophene rings is 1. The quantitative estimate of drug-likeness (QED) is 0.469. The van der Waals surface area contributed by atoms with Gasteiger partial charge in [0.2, 0.25) is 0 Å². The standard InChI is InChI=1S/C11H6Br3ClS/c12-6-1-2-9(15)7(5-6)10(14)11-8(13)3-4-16-11/h1-5,10H. The monoisotopic (exact) mass is 442 g/mol. The lowest BCUT2D eigenvalue weighted by Crippen LogP contribution is -1.91. The lowest BCUT2D eigenvalue weighted by molar-refractivity contribution is 1.21. The molecule has 0 aliphatic heterocycles. The first kappa shape index (κ1) is 13.1. The van der Waals surface area contributed by atoms with Crippen molar-refractivity contribution in [2.45, 2.75) is 4.83 Å². The fraction of sp³-hybridized carbons (Fsp3) is 0.0909. The van der Waals surface area contributed by atoms with E-state index >= 15 is 0 Å². The van der Waals surface area contributed by atoms with Crippen molar-refractivity contribution in [3.63, 3.8) is 0 Å². The van der Waals surface area contributed by atoms with Gasteiger partial charge in [0.1, 0.15) is 0 Å². The van der Waals surface area contributed by atoms with E-state index in [0.717, 1.165) is 19.5 Å². The highest BCUT2D eigenvalue weighted by Crippen LogP contribution is 2.42. The molecule has 84 valence electrons. The highest BCUT2D eigenvalue weighted by molar-refractivity contribution is 9.11. The summed E-state index contributed by atoms with van der Waals surface area (Å²) in [5.74, 6) is 0. The number of hydrogen-bond acceptors (Lipinski definition) is 1.